The van der Waals surface area contributed by atoms with Crippen molar-refractivity contribution in [2.45, 2.75) is 37.6 Å². The minimum atomic E-state index is -0.220. The zero-order chi connectivity index (χ0) is 8.91. The van der Waals surface area contributed by atoms with E-state index < -0.39 is 0 Å². The van der Waals surface area contributed by atoms with E-state index in [4.69, 9.17) is 0 Å². The molecule has 0 spiro atoms. The average Bonchev–Trinajstić information content (AvgIpc) is 1.87. The van der Waals surface area contributed by atoms with Crippen molar-refractivity contribution in [1.82, 2.24) is 5.32 Å². The molecule has 0 rings (SSSR count). The van der Waals surface area contributed by atoms with E-state index >= 15 is 0 Å². The summed E-state index contributed by atoms with van der Waals surface area (Å²) in [6.07, 6.45) is 2.88. The summed E-state index contributed by atoms with van der Waals surface area (Å²) in [7, 11) is 0. The first-order valence-electron chi connectivity index (χ1n) is 3.70. The van der Waals surface area contributed by atoms with Gasteiger partial charge in [0.1, 0.15) is 0 Å². The lowest BCUT2D eigenvalue weighted by atomic mass is 10.1. The van der Waals surface area contributed by atoms with Crippen LogP contribution in [0.3, 0.4) is 0 Å². The fraction of sp³-hybridized carbons (Fsp3) is 0.857. The molecule has 0 saturated heterocycles. The van der Waals surface area contributed by atoms with Crippen molar-refractivity contribution >= 4 is 36.7 Å². The van der Waals surface area contributed by atoms with Gasteiger partial charge < -0.3 is 5.32 Å². The van der Waals surface area contributed by atoms with E-state index in [2.05, 4.69) is 44.1 Å². The minimum Gasteiger partial charge on any atom is -0.332 e. The molecule has 0 aromatic rings. The molecule has 4 heteroatoms. The van der Waals surface area contributed by atoms with Crippen LogP contribution >= 0.6 is 31.9 Å². The van der Waals surface area contributed by atoms with Gasteiger partial charge in [0.15, 0.2) is 0 Å². The molecule has 0 aliphatic carbocycles. The number of alkyl halides is 1. The van der Waals surface area contributed by atoms with Gasteiger partial charge in [-0.05, 0) is 12.8 Å². The highest BCUT2D eigenvalue weighted by molar-refractivity contribution is 9.18. The maximum atomic E-state index is 10.7. The number of hydrogen-bond acceptors (Lipinski definition) is 1. The van der Waals surface area contributed by atoms with Crippen molar-refractivity contribution < 1.29 is 4.79 Å². The monoisotopic (exact) mass is 285 g/mol. The Kier molecular flexibility index (Phi) is 5.34. The molecule has 0 saturated carbocycles. The summed E-state index contributed by atoms with van der Waals surface area (Å²) in [5.41, 5.74) is 0. The lowest BCUT2D eigenvalue weighted by Gasteiger charge is -2.25. The molecular formula is C7H13Br2NO. The third kappa shape index (κ3) is 4.80. The summed E-state index contributed by atoms with van der Waals surface area (Å²) in [5, 5.41) is 2.80. The van der Waals surface area contributed by atoms with Crippen LogP contribution in [-0.2, 0) is 0 Å². The van der Waals surface area contributed by atoms with Crippen LogP contribution in [0.25, 0.3) is 0 Å². The number of carbonyl (C=O) groups is 1. The van der Waals surface area contributed by atoms with Gasteiger partial charge in [-0.1, -0.05) is 36.2 Å². The van der Waals surface area contributed by atoms with Gasteiger partial charge in [-0.15, -0.1) is 0 Å². The van der Waals surface area contributed by atoms with Crippen LogP contribution in [0.1, 0.15) is 33.1 Å². The molecule has 0 fully saturated rings. The minimum absolute atomic E-state index is 0.162. The van der Waals surface area contributed by atoms with Crippen molar-refractivity contribution in [2.75, 3.05) is 0 Å². The predicted octanol–water partition coefficient (Wildman–Crippen LogP) is 3.39. The summed E-state index contributed by atoms with van der Waals surface area (Å²) in [6, 6.07) is 0. The molecule has 0 radical (unpaired) electrons. The van der Waals surface area contributed by atoms with Crippen molar-refractivity contribution in [2.24, 2.45) is 0 Å². The maximum absolute atomic E-state index is 10.7. The van der Waals surface area contributed by atoms with Crippen LogP contribution in [0.4, 0.5) is 4.79 Å². The summed E-state index contributed by atoms with van der Waals surface area (Å²) in [5.74, 6) is 0. The molecule has 1 unspecified atom stereocenters. The Hall–Kier alpha value is 0.430. The number of amides is 1. The smallest absolute Gasteiger partial charge is 0.288 e. The van der Waals surface area contributed by atoms with Crippen molar-refractivity contribution in [3.8, 4) is 0 Å². The standard InChI is InChI=1S/C7H13Br2NO/c1-3-5-7(9,4-2)10-6(8)11/h3-5H2,1-2H3,(H,10,11). The lowest BCUT2D eigenvalue weighted by Crippen LogP contribution is -2.39. The molecule has 0 aromatic carbocycles. The van der Waals surface area contributed by atoms with Gasteiger partial charge in [-0.2, -0.15) is 0 Å². The summed E-state index contributed by atoms with van der Waals surface area (Å²) >= 11 is 6.32. The average molecular weight is 287 g/mol. The molecule has 1 N–H and O–H groups in total. The molecule has 0 bridgehead atoms. The molecule has 1 atom stereocenters. The molecule has 11 heavy (non-hydrogen) atoms. The zero-order valence-corrected chi connectivity index (χ0v) is 9.96. The van der Waals surface area contributed by atoms with Gasteiger partial charge in [0.25, 0.3) is 4.82 Å². The van der Waals surface area contributed by atoms with Crippen LogP contribution in [0.2, 0.25) is 0 Å². The van der Waals surface area contributed by atoms with E-state index in [1.165, 1.54) is 0 Å². The topological polar surface area (TPSA) is 29.1 Å². The Balaban J connectivity index is 3.98. The van der Waals surface area contributed by atoms with Crippen LogP contribution in [-0.4, -0.2) is 9.26 Å². The van der Waals surface area contributed by atoms with E-state index in [9.17, 15) is 4.79 Å². The van der Waals surface area contributed by atoms with Crippen LogP contribution in [0.5, 0.6) is 0 Å². The second kappa shape index (κ2) is 5.14. The quantitative estimate of drug-likeness (QED) is 0.479. The van der Waals surface area contributed by atoms with Crippen molar-refractivity contribution in [1.29, 1.82) is 0 Å². The highest BCUT2D eigenvalue weighted by Crippen LogP contribution is 2.25. The number of hydrogen-bond donors (Lipinski definition) is 1. The van der Waals surface area contributed by atoms with E-state index in [0.29, 0.717) is 0 Å². The Morgan fingerprint density at radius 3 is 2.36 bits per heavy atom. The Bertz CT molecular complexity index is 140. The third-order valence-electron chi connectivity index (χ3n) is 1.53. The Labute approximate surface area is 84.4 Å². The normalized spacial score (nSPS) is 15.6. The lowest BCUT2D eigenvalue weighted by molar-refractivity contribution is 0.255. The van der Waals surface area contributed by atoms with E-state index in [1.54, 1.807) is 0 Å². The van der Waals surface area contributed by atoms with Crippen LogP contribution < -0.4 is 5.32 Å². The van der Waals surface area contributed by atoms with Gasteiger partial charge in [0, 0.05) is 15.9 Å². The predicted molar refractivity (Wildman–Crippen MR) is 54.3 cm³/mol. The van der Waals surface area contributed by atoms with E-state index in [1.807, 2.05) is 6.92 Å². The first kappa shape index (κ1) is 11.4. The number of halogens is 2. The molecular weight excluding hydrogens is 274 g/mol. The van der Waals surface area contributed by atoms with Crippen molar-refractivity contribution in [3.05, 3.63) is 0 Å². The molecule has 2 nitrogen and oxygen atoms in total. The SMILES string of the molecule is CCCC(Br)(CC)NC(=O)Br. The Morgan fingerprint density at radius 2 is 2.09 bits per heavy atom. The van der Waals surface area contributed by atoms with Gasteiger partial charge in [-0.3, -0.25) is 4.79 Å². The van der Waals surface area contributed by atoms with Crippen LogP contribution in [0.15, 0.2) is 0 Å². The molecule has 66 valence electrons. The summed E-state index contributed by atoms with van der Waals surface area (Å²) < 4.78 is -0.220. The number of carbonyl (C=O) groups excluding carboxylic acids is 1. The zero-order valence-electron chi connectivity index (χ0n) is 6.79. The van der Waals surface area contributed by atoms with Gasteiger partial charge in [0.05, 0.1) is 4.45 Å². The molecule has 0 aliphatic rings. The molecule has 0 heterocycles. The highest BCUT2D eigenvalue weighted by Gasteiger charge is 2.23. The van der Waals surface area contributed by atoms with Crippen molar-refractivity contribution in [3.63, 3.8) is 0 Å². The second-order valence-electron chi connectivity index (χ2n) is 2.47. The third-order valence-corrected chi connectivity index (χ3v) is 2.88. The largest absolute Gasteiger partial charge is 0.332 e. The van der Waals surface area contributed by atoms with Crippen LogP contribution in [0, 0.1) is 0 Å². The van der Waals surface area contributed by atoms with E-state index in [-0.39, 0.29) is 9.26 Å². The van der Waals surface area contributed by atoms with E-state index in [0.717, 1.165) is 19.3 Å². The summed E-state index contributed by atoms with van der Waals surface area (Å²) in [6.45, 7) is 4.12. The molecule has 1 amide bonds. The van der Waals surface area contributed by atoms with Gasteiger partial charge >= 0.3 is 0 Å². The first-order chi connectivity index (χ1) is 5.04. The summed E-state index contributed by atoms with van der Waals surface area (Å²) in [4.78, 5) is 10.5. The first-order valence-corrected chi connectivity index (χ1v) is 5.29. The Morgan fingerprint density at radius 1 is 1.55 bits per heavy atom. The highest BCUT2D eigenvalue weighted by atomic mass is 79.9. The van der Waals surface area contributed by atoms with Gasteiger partial charge in [0.2, 0.25) is 0 Å². The van der Waals surface area contributed by atoms with Gasteiger partial charge in [-0.25, -0.2) is 0 Å². The molecule has 0 aliphatic heterocycles. The maximum Gasteiger partial charge on any atom is 0.288 e. The molecule has 0 aromatic heterocycles. The number of nitrogens with one attached hydrogen (secondary N) is 1. The fourth-order valence-electron chi connectivity index (χ4n) is 0.900. The number of rotatable bonds is 4. The fourth-order valence-corrected chi connectivity index (χ4v) is 2.12. The second-order valence-corrected chi connectivity index (χ2v) is 4.71.